The lowest BCUT2D eigenvalue weighted by Crippen LogP contribution is -2.04. The fourth-order valence-electron chi connectivity index (χ4n) is 8.79. The Morgan fingerprint density at radius 1 is 0.380 bits per heavy atom. The van der Waals surface area contributed by atoms with Gasteiger partial charge in [0.2, 0.25) is 5.95 Å². The molecule has 4 nitrogen and oxygen atoms in total. The summed E-state index contributed by atoms with van der Waals surface area (Å²) in [6.45, 7) is 0. The van der Waals surface area contributed by atoms with Crippen LogP contribution in [-0.2, 0) is 0 Å². The molecule has 8 aromatic carbocycles. The average molecular weight is 635 g/mol. The van der Waals surface area contributed by atoms with Gasteiger partial charge in [-0.3, -0.25) is 4.57 Å². The minimum atomic E-state index is 0.669. The molecule has 230 valence electrons. The van der Waals surface area contributed by atoms with E-state index in [0.29, 0.717) is 5.95 Å². The minimum Gasteiger partial charge on any atom is -0.308 e. The van der Waals surface area contributed by atoms with Crippen molar-refractivity contribution in [3.8, 4) is 17.2 Å². The Bertz CT molecular complexity index is 3370. The third-order valence-corrected chi connectivity index (χ3v) is 10.8. The van der Waals surface area contributed by atoms with E-state index in [1.54, 1.807) is 0 Å². The van der Waals surface area contributed by atoms with Crippen molar-refractivity contribution in [1.29, 1.82) is 0 Å². The Kier molecular flexibility index (Phi) is 4.94. The van der Waals surface area contributed by atoms with E-state index < -0.39 is 0 Å². The molecule has 12 rings (SSSR count). The average Bonchev–Trinajstić information content (AvgIpc) is 3.67. The molecule has 0 aliphatic rings. The molecular weight excluding hydrogens is 609 g/mol. The summed E-state index contributed by atoms with van der Waals surface area (Å²) >= 11 is 0. The van der Waals surface area contributed by atoms with Crippen LogP contribution in [0.2, 0.25) is 0 Å². The van der Waals surface area contributed by atoms with Gasteiger partial charge < -0.3 is 4.40 Å². The van der Waals surface area contributed by atoms with Crippen LogP contribution in [0.3, 0.4) is 0 Å². The van der Waals surface area contributed by atoms with Gasteiger partial charge in [-0.1, -0.05) is 133 Å². The Hall–Kier alpha value is -6.78. The SMILES string of the molecule is c1ccc(-c2nc(-n3c4cccc5c6cccc7c8ccccc8n(c8cc9ccccc9c3c8c54)c67)nc3ccc4ccccc4c23)cc1. The van der Waals surface area contributed by atoms with E-state index in [9.17, 15) is 0 Å². The Morgan fingerprint density at radius 3 is 1.92 bits per heavy atom. The summed E-state index contributed by atoms with van der Waals surface area (Å²) < 4.78 is 4.83. The van der Waals surface area contributed by atoms with Gasteiger partial charge in [-0.25, -0.2) is 9.97 Å². The van der Waals surface area contributed by atoms with Gasteiger partial charge in [0.25, 0.3) is 0 Å². The Morgan fingerprint density at radius 2 is 1.04 bits per heavy atom. The molecule has 0 spiro atoms. The zero-order valence-corrected chi connectivity index (χ0v) is 26.8. The molecule has 12 aromatic rings. The zero-order chi connectivity index (χ0) is 32.5. The number of benzene rings is 8. The van der Waals surface area contributed by atoms with E-state index in [1.807, 2.05) is 0 Å². The molecule has 4 aromatic heterocycles. The monoisotopic (exact) mass is 634 g/mol. The molecule has 0 aliphatic heterocycles. The van der Waals surface area contributed by atoms with Gasteiger partial charge in [0.15, 0.2) is 0 Å². The molecule has 0 atom stereocenters. The number of hydrogen-bond donors (Lipinski definition) is 0. The first kappa shape index (κ1) is 26.2. The highest BCUT2D eigenvalue weighted by atomic mass is 15.2. The lowest BCUT2D eigenvalue weighted by Gasteiger charge is -2.14. The zero-order valence-electron chi connectivity index (χ0n) is 26.8. The molecule has 0 bridgehead atoms. The van der Waals surface area contributed by atoms with Crippen LogP contribution in [0.5, 0.6) is 0 Å². The standard InChI is InChI=1S/C46H26N4/c1-2-13-28(14-3-1)43-40-30-16-6-4-12-27(30)24-25-36(40)47-46(48-43)50-38-23-11-19-33-35-21-10-20-34-32-18-8-9-22-37(32)49(44(34)35)39-26-29-15-5-7-17-31(29)45(50)42(39)41(33)38/h1-26H. The smallest absolute Gasteiger partial charge is 0.235 e. The van der Waals surface area contributed by atoms with Gasteiger partial charge in [-0.05, 0) is 45.8 Å². The van der Waals surface area contributed by atoms with E-state index in [4.69, 9.17) is 9.97 Å². The first-order valence-electron chi connectivity index (χ1n) is 17.1. The molecule has 4 heteroatoms. The number of para-hydroxylation sites is 2. The summed E-state index contributed by atoms with van der Waals surface area (Å²) in [5, 5.41) is 13.2. The van der Waals surface area contributed by atoms with Crippen molar-refractivity contribution in [1.82, 2.24) is 18.9 Å². The minimum absolute atomic E-state index is 0.669. The maximum atomic E-state index is 5.54. The quantitative estimate of drug-likeness (QED) is 0.177. The maximum absolute atomic E-state index is 5.54. The molecule has 0 unspecified atom stereocenters. The van der Waals surface area contributed by atoms with Crippen LogP contribution in [0.15, 0.2) is 158 Å². The first-order chi connectivity index (χ1) is 24.8. The van der Waals surface area contributed by atoms with Crippen molar-refractivity contribution < 1.29 is 0 Å². The van der Waals surface area contributed by atoms with Crippen molar-refractivity contribution >= 4 is 92.3 Å². The molecule has 0 amide bonds. The normalized spacial score (nSPS) is 12.4. The maximum Gasteiger partial charge on any atom is 0.235 e. The van der Waals surface area contributed by atoms with Crippen LogP contribution in [0, 0.1) is 0 Å². The van der Waals surface area contributed by atoms with E-state index >= 15 is 0 Å². The van der Waals surface area contributed by atoms with Crippen LogP contribution in [0.4, 0.5) is 0 Å². The third kappa shape index (κ3) is 3.25. The molecular formula is C46H26N4. The summed E-state index contributed by atoms with van der Waals surface area (Å²) in [5.41, 5.74) is 8.79. The molecule has 0 fully saturated rings. The van der Waals surface area contributed by atoms with Crippen LogP contribution in [0.1, 0.15) is 0 Å². The van der Waals surface area contributed by atoms with E-state index in [0.717, 1.165) is 38.6 Å². The molecule has 0 N–H and O–H groups in total. The van der Waals surface area contributed by atoms with Crippen molar-refractivity contribution in [2.45, 2.75) is 0 Å². The number of fused-ring (bicyclic) bond motifs is 10. The summed E-state index contributed by atoms with van der Waals surface area (Å²) in [7, 11) is 0. The largest absolute Gasteiger partial charge is 0.308 e. The lowest BCUT2D eigenvalue weighted by atomic mass is 10.0. The second kappa shape index (κ2) is 9.43. The van der Waals surface area contributed by atoms with Gasteiger partial charge in [0.1, 0.15) is 0 Å². The summed E-state index contributed by atoms with van der Waals surface area (Å²) in [4.78, 5) is 11.0. The molecule has 0 saturated heterocycles. The molecule has 0 aliphatic carbocycles. The second-order valence-corrected chi connectivity index (χ2v) is 13.3. The van der Waals surface area contributed by atoms with Crippen molar-refractivity contribution in [3.63, 3.8) is 0 Å². The summed E-state index contributed by atoms with van der Waals surface area (Å²) in [6, 6.07) is 56.9. The molecule has 0 radical (unpaired) electrons. The molecule has 4 heterocycles. The number of rotatable bonds is 2. The fourth-order valence-corrected chi connectivity index (χ4v) is 8.79. The summed E-state index contributed by atoms with van der Waals surface area (Å²) in [6.07, 6.45) is 0. The Labute approximate surface area is 285 Å². The van der Waals surface area contributed by atoms with E-state index in [1.165, 1.54) is 65.0 Å². The van der Waals surface area contributed by atoms with Crippen LogP contribution >= 0.6 is 0 Å². The number of nitrogens with zero attached hydrogens (tertiary/aromatic N) is 4. The highest BCUT2D eigenvalue weighted by molar-refractivity contribution is 6.34. The van der Waals surface area contributed by atoms with Crippen LogP contribution < -0.4 is 0 Å². The van der Waals surface area contributed by atoms with Crippen molar-refractivity contribution in [2.24, 2.45) is 0 Å². The predicted molar refractivity (Wildman–Crippen MR) is 209 cm³/mol. The van der Waals surface area contributed by atoms with Crippen molar-refractivity contribution in [2.75, 3.05) is 0 Å². The topological polar surface area (TPSA) is 35.1 Å². The van der Waals surface area contributed by atoms with Gasteiger partial charge in [-0.15, -0.1) is 0 Å². The molecule has 0 saturated carbocycles. The van der Waals surface area contributed by atoms with Gasteiger partial charge in [-0.2, -0.15) is 0 Å². The van der Waals surface area contributed by atoms with E-state index in [-0.39, 0.29) is 0 Å². The summed E-state index contributed by atoms with van der Waals surface area (Å²) in [5.74, 6) is 0.669. The van der Waals surface area contributed by atoms with Gasteiger partial charge in [0.05, 0.1) is 38.8 Å². The predicted octanol–water partition coefficient (Wildman–Crippen LogP) is 11.9. The van der Waals surface area contributed by atoms with Crippen molar-refractivity contribution in [3.05, 3.63) is 158 Å². The third-order valence-electron chi connectivity index (χ3n) is 10.8. The van der Waals surface area contributed by atoms with Gasteiger partial charge in [0, 0.05) is 43.3 Å². The Balaban J connectivity index is 1.36. The highest BCUT2D eigenvalue weighted by Crippen LogP contribution is 2.46. The number of aromatic nitrogens is 4. The fraction of sp³-hybridized carbons (Fsp3) is 0. The highest BCUT2D eigenvalue weighted by Gasteiger charge is 2.25. The van der Waals surface area contributed by atoms with Crippen LogP contribution in [-0.4, -0.2) is 18.9 Å². The molecule has 50 heavy (non-hydrogen) atoms. The van der Waals surface area contributed by atoms with Crippen LogP contribution in [0.25, 0.3) is 110 Å². The van der Waals surface area contributed by atoms with E-state index in [2.05, 4.69) is 167 Å². The lowest BCUT2D eigenvalue weighted by molar-refractivity contribution is 1.02. The second-order valence-electron chi connectivity index (χ2n) is 13.3. The number of hydrogen-bond acceptors (Lipinski definition) is 2. The van der Waals surface area contributed by atoms with Gasteiger partial charge >= 0.3 is 0 Å². The first-order valence-corrected chi connectivity index (χ1v) is 17.1.